The van der Waals surface area contributed by atoms with Crippen molar-refractivity contribution < 1.29 is 4.79 Å². The summed E-state index contributed by atoms with van der Waals surface area (Å²) in [5.74, 6) is 0.152. The van der Waals surface area contributed by atoms with Crippen molar-refractivity contribution >= 4 is 32.6 Å². The standard InChI is InChI=1S/C19H19BrN2O/c1-22(13-19(23)14-6-8-16(20)9-7-14)11-10-15-12-21-18-5-3-2-4-17(15)18/h2-9,12,21H,10-11,13H2,1H3. The van der Waals surface area contributed by atoms with E-state index in [4.69, 9.17) is 0 Å². The first-order valence-electron chi connectivity index (χ1n) is 7.66. The average Bonchev–Trinajstić information content (AvgIpc) is 2.97. The number of likely N-dealkylation sites (N-methyl/N-ethyl adjacent to an activating group) is 1. The number of benzene rings is 2. The number of H-pyrrole nitrogens is 1. The first-order valence-corrected chi connectivity index (χ1v) is 8.45. The lowest BCUT2D eigenvalue weighted by molar-refractivity contribution is 0.0947. The van der Waals surface area contributed by atoms with Gasteiger partial charge in [0.1, 0.15) is 0 Å². The molecule has 0 amide bonds. The summed E-state index contributed by atoms with van der Waals surface area (Å²) in [5, 5.41) is 1.26. The quantitative estimate of drug-likeness (QED) is 0.657. The number of carbonyl (C=O) groups excluding carboxylic acids is 1. The van der Waals surface area contributed by atoms with Crippen molar-refractivity contribution in [2.24, 2.45) is 0 Å². The summed E-state index contributed by atoms with van der Waals surface area (Å²) in [4.78, 5) is 17.6. The van der Waals surface area contributed by atoms with Gasteiger partial charge in [-0.05, 0) is 37.2 Å². The summed E-state index contributed by atoms with van der Waals surface area (Å²) in [7, 11) is 1.99. The van der Waals surface area contributed by atoms with Gasteiger partial charge in [0.2, 0.25) is 0 Å². The van der Waals surface area contributed by atoms with Crippen molar-refractivity contribution in [1.29, 1.82) is 0 Å². The van der Waals surface area contributed by atoms with Crippen LogP contribution in [0.2, 0.25) is 0 Å². The molecule has 1 N–H and O–H groups in total. The van der Waals surface area contributed by atoms with Gasteiger partial charge in [-0.15, -0.1) is 0 Å². The SMILES string of the molecule is CN(CCc1c[nH]c2ccccc12)CC(=O)c1ccc(Br)cc1. The van der Waals surface area contributed by atoms with Crippen LogP contribution in [0.1, 0.15) is 15.9 Å². The average molecular weight is 371 g/mol. The van der Waals surface area contributed by atoms with Gasteiger partial charge in [0.05, 0.1) is 6.54 Å². The Morgan fingerprint density at radius 3 is 2.65 bits per heavy atom. The number of nitrogens with zero attached hydrogens (tertiary/aromatic N) is 1. The summed E-state index contributed by atoms with van der Waals surface area (Å²) >= 11 is 3.39. The molecule has 3 rings (SSSR count). The number of para-hydroxylation sites is 1. The van der Waals surface area contributed by atoms with Crippen molar-refractivity contribution in [3.05, 3.63) is 70.3 Å². The zero-order valence-corrected chi connectivity index (χ0v) is 14.6. The Morgan fingerprint density at radius 1 is 1.13 bits per heavy atom. The zero-order valence-electron chi connectivity index (χ0n) is 13.1. The molecule has 2 aromatic carbocycles. The van der Waals surface area contributed by atoms with E-state index in [2.05, 4.69) is 50.2 Å². The van der Waals surface area contributed by atoms with E-state index in [-0.39, 0.29) is 5.78 Å². The molecule has 0 spiro atoms. The van der Waals surface area contributed by atoms with Crippen LogP contribution in [0.25, 0.3) is 10.9 Å². The number of halogens is 1. The minimum atomic E-state index is 0.152. The van der Waals surface area contributed by atoms with Gasteiger partial charge in [-0.2, -0.15) is 0 Å². The van der Waals surface area contributed by atoms with Crippen molar-refractivity contribution in [3.8, 4) is 0 Å². The highest BCUT2D eigenvalue weighted by molar-refractivity contribution is 9.10. The van der Waals surface area contributed by atoms with Crippen LogP contribution >= 0.6 is 15.9 Å². The molecule has 0 aliphatic rings. The fourth-order valence-corrected chi connectivity index (χ4v) is 2.97. The Bertz CT molecular complexity index is 808. The molecule has 0 saturated heterocycles. The largest absolute Gasteiger partial charge is 0.361 e. The van der Waals surface area contributed by atoms with Gasteiger partial charge in [-0.25, -0.2) is 0 Å². The van der Waals surface area contributed by atoms with Crippen LogP contribution in [0.5, 0.6) is 0 Å². The summed E-state index contributed by atoms with van der Waals surface area (Å²) in [6, 6.07) is 15.8. The second kappa shape index (κ2) is 7.11. The van der Waals surface area contributed by atoms with Crippen LogP contribution in [0, 0.1) is 0 Å². The summed E-state index contributed by atoms with van der Waals surface area (Å²) in [5.41, 5.74) is 3.21. The van der Waals surface area contributed by atoms with Gasteiger partial charge in [-0.3, -0.25) is 9.69 Å². The maximum Gasteiger partial charge on any atom is 0.176 e. The molecule has 0 bridgehead atoms. The Morgan fingerprint density at radius 2 is 1.87 bits per heavy atom. The van der Waals surface area contributed by atoms with Gasteiger partial charge in [0.15, 0.2) is 5.78 Å². The number of fused-ring (bicyclic) bond motifs is 1. The molecule has 0 radical (unpaired) electrons. The fraction of sp³-hybridized carbons (Fsp3) is 0.211. The molecule has 0 unspecified atom stereocenters. The van der Waals surface area contributed by atoms with Crippen LogP contribution in [0.4, 0.5) is 0 Å². The van der Waals surface area contributed by atoms with Gasteiger partial charge < -0.3 is 4.98 Å². The summed E-state index contributed by atoms with van der Waals surface area (Å²) in [6.07, 6.45) is 2.99. The number of ketones is 1. The third-order valence-corrected chi connectivity index (χ3v) is 4.55. The zero-order chi connectivity index (χ0) is 16.2. The molecule has 118 valence electrons. The highest BCUT2D eigenvalue weighted by atomic mass is 79.9. The summed E-state index contributed by atoms with van der Waals surface area (Å²) in [6.45, 7) is 1.29. The predicted octanol–water partition coefficient (Wildman–Crippen LogP) is 4.29. The van der Waals surface area contributed by atoms with E-state index in [1.807, 2.05) is 37.4 Å². The normalized spacial score (nSPS) is 11.3. The van der Waals surface area contributed by atoms with Crippen LogP contribution in [0.3, 0.4) is 0 Å². The maximum atomic E-state index is 12.3. The van der Waals surface area contributed by atoms with Gasteiger partial charge in [-0.1, -0.05) is 46.3 Å². The first kappa shape index (κ1) is 16.0. The van der Waals surface area contributed by atoms with Crippen molar-refractivity contribution in [2.45, 2.75) is 6.42 Å². The molecule has 0 aliphatic carbocycles. The molecule has 0 aliphatic heterocycles. The molecule has 23 heavy (non-hydrogen) atoms. The van der Waals surface area contributed by atoms with Crippen LogP contribution in [0.15, 0.2) is 59.2 Å². The molecule has 3 nitrogen and oxygen atoms in total. The molecule has 1 heterocycles. The van der Waals surface area contributed by atoms with E-state index in [1.165, 1.54) is 10.9 Å². The third-order valence-electron chi connectivity index (χ3n) is 4.02. The molecule has 4 heteroatoms. The van der Waals surface area contributed by atoms with Gasteiger partial charge >= 0.3 is 0 Å². The molecule has 1 aromatic heterocycles. The highest BCUT2D eigenvalue weighted by Crippen LogP contribution is 2.18. The van der Waals surface area contributed by atoms with E-state index in [0.717, 1.165) is 28.5 Å². The number of rotatable bonds is 6. The van der Waals surface area contributed by atoms with Crippen molar-refractivity contribution in [2.75, 3.05) is 20.1 Å². The number of aromatic amines is 1. The second-order valence-corrected chi connectivity index (χ2v) is 6.69. The van der Waals surface area contributed by atoms with Gasteiger partial charge in [0, 0.05) is 33.7 Å². The number of nitrogens with one attached hydrogen (secondary N) is 1. The van der Waals surface area contributed by atoms with Gasteiger partial charge in [0.25, 0.3) is 0 Å². The smallest absolute Gasteiger partial charge is 0.176 e. The predicted molar refractivity (Wildman–Crippen MR) is 98.0 cm³/mol. The number of hydrogen-bond donors (Lipinski definition) is 1. The topological polar surface area (TPSA) is 36.1 Å². The van der Waals surface area contributed by atoms with Crippen LogP contribution in [-0.2, 0) is 6.42 Å². The Balaban J connectivity index is 1.58. The maximum absolute atomic E-state index is 12.3. The van der Waals surface area contributed by atoms with E-state index in [9.17, 15) is 4.79 Å². The van der Waals surface area contributed by atoms with E-state index in [1.54, 1.807) is 0 Å². The lowest BCUT2D eigenvalue weighted by atomic mass is 10.1. The number of aromatic nitrogens is 1. The molecular formula is C19H19BrN2O. The van der Waals surface area contributed by atoms with Crippen molar-refractivity contribution in [3.63, 3.8) is 0 Å². The molecule has 0 fully saturated rings. The van der Waals surface area contributed by atoms with Crippen LogP contribution in [-0.4, -0.2) is 35.8 Å². The second-order valence-electron chi connectivity index (χ2n) is 5.78. The molecule has 0 saturated carbocycles. The Labute approximate surface area is 144 Å². The number of carbonyl (C=O) groups is 1. The van der Waals surface area contributed by atoms with E-state index in [0.29, 0.717) is 6.54 Å². The first-order chi connectivity index (χ1) is 11.1. The monoisotopic (exact) mass is 370 g/mol. The fourth-order valence-electron chi connectivity index (χ4n) is 2.70. The Kier molecular flexibility index (Phi) is 4.94. The highest BCUT2D eigenvalue weighted by Gasteiger charge is 2.10. The molecule has 3 aromatic rings. The summed E-state index contributed by atoms with van der Waals surface area (Å²) < 4.78 is 0.988. The lowest BCUT2D eigenvalue weighted by Crippen LogP contribution is -2.28. The third kappa shape index (κ3) is 3.89. The minimum absolute atomic E-state index is 0.152. The minimum Gasteiger partial charge on any atom is -0.361 e. The van der Waals surface area contributed by atoms with Crippen LogP contribution < -0.4 is 0 Å². The van der Waals surface area contributed by atoms with E-state index >= 15 is 0 Å². The molecule has 0 atom stereocenters. The van der Waals surface area contributed by atoms with E-state index < -0.39 is 0 Å². The van der Waals surface area contributed by atoms with Crippen molar-refractivity contribution in [1.82, 2.24) is 9.88 Å². The lowest BCUT2D eigenvalue weighted by Gasteiger charge is -2.15. The number of Topliss-reactive ketones (excluding diaryl/α,β-unsaturated/α-hetero) is 1. The Hall–Kier alpha value is -1.91. The molecular weight excluding hydrogens is 352 g/mol. The number of hydrogen-bond acceptors (Lipinski definition) is 2.